The number of hydrogen-bond acceptors (Lipinski definition) is 5. The van der Waals surface area contributed by atoms with Gasteiger partial charge in [0, 0.05) is 24.5 Å². The fourth-order valence-electron chi connectivity index (χ4n) is 2.84. The van der Waals surface area contributed by atoms with Crippen molar-refractivity contribution in [3.8, 4) is 0 Å². The van der Waals surface area contributed by atoms with Gasteiger partial charge in [0.2, 0.25) is 0 Å². The van der Waals surface area contributed by atoms with Crippen molar-refractivity contribution >= 4 is 22.0 Å². The van der Waals surface area contributed by atoms with Gasteiger partial charge in [-0.3, -0.25) is 10.1 Å². The summed E-state index contributed by atoms with van der Waals surface area (Å²) in [4.78, 5) is 13.5. The zero-order chi connectivity index (χ0) is 14.7. The molecule has 1 aliphatic carbocycles. The smallest absolute Gasteiger partial charge is 0.304 e. The molecule has 5 nitrogen and oxygen atoms in total. The van der Waals surface area contributed by atoms with Gasteiger partial charge in [-0.15, -0.1) is 11.3 Å². The molecule has 0 amide bonds. The summed E-state index contributed by atoms with van der Waals surface area (Å²) in [5, 5.41) is 21.4. The average Bonchev–Trinajstić information content (AvgIpc) is 2.85. The number of nitro groups is 1. The van der Waals surface area contributed by atoms with E-state index in [1.54, 1.807) is 6.92 Å². The van der Waals surface area contributed by atoms with Crippen LogP contribution in [0.5, 0.6) is 0 Å². The quantitative estimate of drug-likeness (QED) is 0.664. The maximum absolute atomic E-state index is 11.2. The first kappa shape index (κ1) is 15.3. The van der Waals surface area contributed by atoms with Crippen molar-refractivity contribution in [1.82, 2.24) is 0 Å². The van der Waals surface area contributed by atoms with Gasteiger partial charge in [0.05, 0.1) is 11.0 Å². The number of anilines is 1. The Morgan fingerprint density at radius 3 is 2.70 bits per heavy atom. The minimum atomic E-state index is -0.657. The molecule has 1 aromatic heterocycles. The van der Waals surface area contributed by atoms with Gasteiger partial charge in [-0.05, 0) is 25.7 Å². The fourth-order valence-corrected chi connectivity index (χ4v) is 3.87. The largest absolute Gasteiger partial charge is 0.388 e. The van der Waals surface area contributed by atoms with Crippen molar-refractivity contribution in [2.24, 2.45) is 5.92 Å². The Kier molecular flexibility index (Phi) is 4.99. The fraction of sp³-hybridized carbons (Fsp3) is 0.714. The Morgan fingerprint density at radius 2 is 2.15 bits per heavy atom. The highest BCUT2D eigenvalue weighted by Gasteiger charge is 2.25. The van der Waals surface area contributed by atoms with Gasteiger partial charge in [-0.1, -0.05) is 19.3 Å². The minimum absolute atomic E-state index is 0.115. The Balaban J connectivity index is 2.14. The summed E-state index contributed by atoms with van der Waals surface area (Å²) in [6, 6.07) is 1.50. The minimum Gasteiger partial charge on any atom is -0.388 e. The van der Waals surface area contributed by atoms with Crippen LogP contribution in [-0.2, 0) is 0 Å². The lowest BCUT2D eigenvalue weighted by atomic mass is 9.89. The van der Waals surface area contributed by atoms with Crippen LogP contribution in [0.15, 0.2) is 6.07 Å². The first-order chi connectivity index (χ1) is 9.49. The average molecular weight is 298 g/mol. The van der Waals surface area contributed by atoms with E-state index in [9.17, 15) is 15.2 Å². The Bertz CT molecular complexity index is 467. The van der Waals surface area contributed by atoms with E-state index >= 15 is 0 Å². The molecule has 0 aliphatic heterocycles. The summed E-state index contributed by atoms with van der Waals surface area (Å²) in [6.07, 6.45) is 5.62. The molecule has 0 radical (unpaired) electrons. The molecule has 1 aromatic rings. The van der Waals surface area contributed by atoms with Crippen LogP contribution in [0.4, 0.5) is 10.7 Å². The van der Waals surface area contributed by atoms with Crippen molar-refractivity contribution in [3.05, 3.63) is 21.1 Å². The van der Waals surface area contributed by atoms with Gasteiger partial charge in [0.25, 0.3) is 0 Å². The standard InChI is InChI=1S/C14H22N2O3S/c1-10(17)13-8-12(16(18)19)14(20-13)15(2)9-11-6-4-3-5-7-11/h8,10-11,17H,3-7,9H2,1-2H3/t10-/m1/s1. The van der Waals surface area contributed by atoms with Crippen LogP contribution in [0.25, 0.3) is 0 Å². The highest BCUT2D eigenvalue weighted by atomic mass is 32.1. The van der Waals surface area contributed by atoms with Gasteiger partial charge < -0.3 is 10.0 Å². The lowest BCUT2D eigenvalue weighted by Crippen LogP contribution is -2.26. The number of hydrogen-bond donors (Lipinski definition) is 1. The van der Waals surface area contributed by atoms with Crippen molar-refractivity contribution < 1.29 is 10.0 Å². The second-order valence-electron chi connectivity index (χ2n) is 5.66. The topological polar surface area (TPSA) is 66.6 Å². The molecule has 2 rings (SSSR count). The molecule has 20 heavy (non-hydrogen) atoms. The number of thiophene rings is 1. The molecule has 6 heteroatoms. The van der Waals surface area contributed by atoms with Crippen LogP contribution in [0.1, 0.15) is 50.0 Å². The SMILES string of the molecule is C[C@@H](O)c1cc([N+](=O)[O-])c(N(C)CC2CCCCC2)s1. The molecule has 1 heterocycles. The molecule has 1 fully saturated rings. The summed E-state index contributed by atoms with van der Waals surface area (Å²) < 4.78 is 0. The van der Waals surface area contributed by atoms with Crippen LogP contribution < -0.4 is 4.90 Å². The molecule has 1 atom stereocenters. The maximum atomic E-state index is 11.2. The van der Waals surface area contributed by atoms with E-state index in [1.165, 1.54) is 49.5 Å². The van der Waals surface area contributed by atoms with Crippen LogP contribution in [0, 0.1) is 16.0 Å². The van der Waals surface area contributed by atoms with Crippen molar-refractivity contribution in [1.29, 1.82) is 0 Å². The molecule has 1 saturated carbocycles. The van der Waals surface area contributed by atoms with Gasteiger partial charge in [0.15, 0.2) is 5.00 Å². The Morgan fingerprint density at radius 1 is 1.50 bits per heavy atom. The second kappa shape index (κ2) is 6.54. The third-order valence-corrected chi connectivity index (χ3v) is 5.33. The second-order valence-corrected chi connectivity index (χ2v) is 6.72. The zero-order valence-electron chi connectivity index (χ0n) is 12.0. The number of nitrogens with zero attached hydrogens (tertiary/aromatic N) is 2. The molecular formula is C14H22N2O3S. The maximum Gasteiger partial charge on any atom is 0.304 e. The van der Waals surface area contributed by atoms with E-state index in [0.717, 1.165) is 6.54 Å². The van der Waals surface area contributed by atoms with E-state index in [2.05, 4.69) is 0 Å². The van der Waals surface area contributed by atoms with Gasteiger partial charge in [0.1, 0.15) is 0 Å². The van der Waals surface area contributed by atoms with Gasteiger partial charge >= 0.3 is 5.69 Å². The highest BCUT2D eigenvalue weighted by Crippen LogP contribution is 2.40. The Hall–Kier alpha value is -1.14. The lowest BCUT2D eigenvalue weighted by Gasteiger charge is -2.27. The summed E-state index contributed by atoms with van der Waals surface area (Å²) in [5.41, 5.74) is 0.115. The van der Waals surface area contributed by atoms with E-state index in [4.69, 9.17) is 0 Å². The van der Waals surface area contributed by atoms with Crippen molar-refractivity contribution in [2.75, 3.05) is 18.5 Å². The summed E-state index contributed by atoms with van der Waals surface area (Å²) in [5.74, 6) is 0.630. The summed E-state index contributed by atoms with van der Waals surface area (Å²) in [6.45, 7) is 2.50. The molecule has 0 saturated heterocycles. The van der Waals surface area contributed by atoms with Crippen molar-refractivity contribution in [2.45, 2.75) is 45.1 Å². The zero-order valence-corrected chi connectivity index (χ0v) is 12.9. The molecule has 1 N–H and O–H groups in total. The molecular weight excluding hydrogens is 276 g/mol. The van der Waals surface area contributed by atoms with Crippen LogP contribution >= 0.6 is 11.3 Å². The Labute approximate surface area is 123 Å². The van der Waals surface area contributed by atoms with Crippen LogP contribution in [0.3, 0.4) is 0 Å². The van der Waals surface area contributed by atoms with Gasteiger partial charge in [-0.25, -0.2) is 0 Å². The third-order valence-electron chi connectivity index (χ3n) is 3.92. The highest BCUT2D eigenvalue weighted by molar-refractivity contribution is 7.16. The van der Waals surface area contributed by atoms with E-state index in [0.29, 0.717) is 15.8 Å². The number of aliphatic hydroxyl groups is 1. The van der Waals surface area contributed by atoms with Crippen molar-refractivity contribution in [3.63, 3.8) is 0 Å². The van der Waals surface area contributed by atoms with E-state index in [1.807, 2.05) is 11.9 Å². The van der Waals surface area contributed by atoms with E-state index in [-0.39, 0.29) is 10.6 Å². The normalized spacial score (nSPS) is 17.9. The lowest BCUT2D eigenvalue weighted by molar-refractivity contribution is -0.383. The van der Waals surface area contributed by atoms with E-state index < -0.39 is 6.10 Å². The first-order valence-corrected chi connectivity index (χ1v) is 7.98. The number of aliphatic hydroxyl groups excluding tert-OH is 1. The molecule has 1 aliphatic rings. The molecule has 0 spiro atoms. The monoisotopic (exact) mass is 298 g/mol. The predicted octanol–water partition coefficient (Wildman–Crippen LogP) is 3.73. The van der Waals surface area contributed by atoms with Gasteiger partial charge in [-0.2, -0.15) is 0 Å². The molecule has 0 aromatic carbocycles. The van der Waals surface area contributed by atoms with Crippen LogP contribution in [-0.4, -0.2) is 23.6 Å². The molecule has 112 valence electrons. The molecule has 0 bridgehead atoms. The third kappa shape index (κ3) is 3.49. The summed E-state index contributed by atoms with van der Waals surface area (Å²) in [7, 11) is 1.92. The molecule has 0 unspecified atom stereocenters. The summed E-state index contributed by atoms with van der Waals surface area (Å²) >= 11 is 1.33. The first-order valence-electron chi connectivity index (χ1n) is 7.16. The van der Waals surface area contributed by atoms with Crippen LogP contribution in [0.2, 0.25) is 0 Å². The predicted molar refractivity (Wildman–Crippen MR) is 81.5 cm³/mol. The number of rotatable bonds is 5.